The number of rotatable bonds is 20. The number of imidazole rings is 3. The van der Waals surface area contributed by atoms with E-state index in [9.17, 15) is 19.2 Å². The Kier molecular flexibility index (Phi) is 15.4. The highest BCUT2D eigenvalue weighted by atomic mass is 16.6. The molecule has 0 fully saturated rings. The van der Waals surface area contributed by atoms with Crippen LogP contribution >= 0.6 is 0 Å². The summed E-state index contributed by atoms with van der Waals surface area (Å²) < 4.78 is 18.9. The van der Waals surface area contributed by atoms with E-state index < -0.39 is 35.8 Å². The number of nitrogens with one attached hydrogen (secondary N) is 5. The van der Waals surface area contributed by atoms with Crippen LogP contribution in [0.5, 0.6) is 0 Å². The average molecular weight is 875 g/mol. The Bertz CT molecular complexity index is 2380. The molecule has 22 heteroatoms. The maximum atomic E-state index is 13.2. The second kappa shape index (κ2) is 20.5. The van der Waals surface area contributed by atoms with Crippen molar-refractivity contribution in [3.8, 4) is 0 Å². The number of hydrogen-bond donors (Lipinski definition) is 8. The van der Waals surface area contributed by atoms with E-state index >= 15 is 0 Å². The maximum absolute atomic E-state index is 13.2. The van der Waals surface area contributed by atoms with Gasteiger partial charge in [-0.3, -0.25) is 9.59 Å². The van der Waals surface area contributed by atoms with E-state index in [0.29, 0.717) is 84.1 Å². The molecule has 0 saturated heterocycles. The number of anilines is 4. The minimum Gasteiger partial charge on any atom is -0.460 e. The molecule has 3 amide bonds. The number of nitrogens with zero attached hydrogens (tertiary/aromatic N) is 8. The number of aromatic nitrogens is 8. The molecular formula is C41H62N16O6. The summed E-state index contributed by atoms with van der Waals surface area (Å²) in [6.07, 6.45) is 9.66. The average Bonchev–Trinajstić information content (AvgIpc) is 4.03. The number of hydrogen-bond acceptors (Lipinski definition) is 14. The summed E-state index contributed by atoms with van der Waals surface area (Å²) in [6.45, 7) is 8.28. The van der Waals surface area contributed by atoms with Crippen LogP contribution in [-0.2, 0) is 44.7 Å². The number of amides is 3. The molecule has 0 spiro atoms. The molecule has 0 saturated carbocycles. The zero-order valence-electron chi connectivity index (χ0n) is 37.5. The molecule has 0 aliphatic heterocycles. The van der Waals surface area contributed by atoms with Gasteiger partial charge < -0.3 is 76.1 Å². The number of alkyl carbamates (subject to hydrolysis) is 1. The first-order valence-electron chi connectivity index (χ1n) is 20.7. The first-order valence-corrected chi connectivity index (χ1v) is 20.7. The third-order valence-electron chi connectivity index (χ3n) is 9.88. The zero-order chi connectivity index (χ0) is 46.2. The molecule has 0 aliphatic carbocycles. The molecule has 3 unspecified atom stereocenters. The van der Waals surface area contributed by atoms with Crippen LogP contribution in [-0.4, -0.2) is 93.5 Å². The van der Waals surface area contributed by atoms with Crippen LogP contribution in [0.1, 0.15) is 114 Å². The Hall–Kier alpha value is -6.65. The lowest BCUT2D eigenvalue weighted by Crippen LogP contribution is -2.34. The van der Waals surface area contributed by atoms with Gasteiger partial charge in [-0.25, -0.2) is 24.5 Å². The van der Waals surface area contributed by atoms with Gasteiger partial charge in [-0.05, 0) is 59.1 Å². The molecule has 22 nitrogen and oxygen atoms in total. The van der Waals surface area contributed by atoms with Gasteiger partial charge in [0.15, 0.2) is 0 Å². The topological polar surface area (TPSA) is 288 Å². The minimum atomic E-state index is -0.588. The van der Waals surface area contributed by atoms with E-state index in [1.165, 1.54) is 0 Å². The molecule has 5 heterocycles. The third kappa shape index (κ3) is 12.7. The van der Waals surface area contributed by atoms with E-state index in [1.807, 2.05) is 26.5 Å². The fraction of sp³-hybridized carbons (Fsp3) is 0.488. The Morgan fingerprint density at radius 1 is 0.619 bits per heavy atom. The van der Waals surface area contributed by atoms with Crippen molar-refractivity contribution in [1.82, 2.24) is 53.7 Å². The highest BCUT2D eigenvalue weighted by Gasteiger charge is 2.22. The Morgan fingerprint density at radius 3 is 1.46 bits per heavy atom. The molecular weight excluding hydrogens is 813 g/mol. The van der Waals surface area contributed by atoms with Crippen molar-refractivity contribution in [3.63, 3.8) is 0 Å². The predicted octanol–water partition coefficient (Wildman–Crippen LogP) is 2.78. The lowest BCUT2D eigenvalue weighted by atomic mass is 10.1. The van der Waals surface area contributed by atoms with Crippen molar-refractivity contribution >= 4 is 47.1 Å². The van der Waals surface area contributed by atoms with Crippen LogP contribution in [0.15, 0.2) is 43.1 Å². The number of carbonyl (C=O) groups is 4. The standard InChI is InChI=1S/C41H62N16O6/c1-10-62-37(60)34-50-29(21-55(34)7)26(42)11-14-45-35(58)32-17-24(19-53(32)5)48-38-51-30(22-56(38)8)27(43)12-15-46-36(59)33-18-25(20-54(33)6)49-39-52-31(23-57(39)9)28(44)13-16-47-40(61)63-41(2,3)4/h17-23,26-28H,10-16,42-44H2,1-9H3,(H,45,58)(H,46,59)(H,47,61)(H,48,51)(H,49,52). The molecule has 0 aliphatic rings. The van der Waals surface area contributed by atoms with E-state index in [2.05, 4.69) is 41.5 Å². The number of nitrogens with two attached hydrogens (primary N) is 3. The van der Waals surface area contributed by atoms with Gasteiger partial charge in [0, 0.05) is 85.9 Å². The van der Waals surface area contributed by atoms with Crippen LogP contribution in [0, 0.1) is 0 Å². The van der Waals surface area contributed by atoms with Crippen LogP contribution in [0.2, 0.25) is 0 Å². The summed E-state index contributed by atoms with van der Waals surface area (Å²) in [5.74, 6) is 0.140. The molecule has 0 aromatic carbocycles. The van der Waals surface area contributed by atoms with Crippen molar-refractivity contribution in [3.05, 3.63) is 77.4 Å². The first-order chi connectivity index (χ1) is 29.7. The molecule has 5 aromatic rings. The summed E-state index contributed by atoms with van der Waals surface area (Å²) >= 11 is 0. The van der Waals surface area contributed by atoms with Gasteiger partial charge in [0.05, 0.1) is 53.2 Å². The molecule has 63 heavy (non-hydrogen) atoms. The lowest BCUT2D eigenvalue weighted by Gasteiger charge is -2.20. The molecule has 11 N–H and O–H groups in total. The molecule has 0 bridgehead atoms. The first kappa shape index (κ1) is 47.4. The Labute approximate surface area is 366 Å². The van der Waals surface area contributed by atoms with E-state index in [4.69, 9.17) is 26.7 Å². The SMILES string of the molecule is CCOC(=O)c1nc(C(N)CCNC(=O)c2cc(Nc3nc(C(N)CCNC(=O)c4cc(Nc5nc(C(N)CCNC(=O)OC(C)(C)C)cn5C)cn4C)cn3C)cn2C)cn1C. The van der Waals surface area contributed by atoms with Crippen molar-refractivity contribution < 1.29 is 28.7 Å². The lowest BCUT2D eigenvalue weighted by molar-refractivity contribution is 0.0503. The van der Waals surface area contributed by atoms with Gasteiger partial charge in [0.25, 0.3) is 11.8 Å². The summed E-state index contributed by atoms with van der Waals surface area (Å²) in [6, 6.07) is 2.05. The van der Waals surface area contributed by atoms with Crippen molar-refractivity contribution in [2.45, 2.75) is 70.7 Å². The molecule has 342 valence electrons. The fourth-order valence-electron chi connectivity index (χ4n) is 6.55. The van der Waals surface area contributed by atoms with E-state index in [-0.39, 0.29) is 30.8 Å². The smallest absolute Gasteiger partial charge is 0.407 e. The van der Waals surface area contributed by atoms with Crippen molar-refractivity contribution in [1.29, 1.82) is 0 Å². The number of aryl methyl sites for hydroxylation is 5. The zero-order valence-corrected chi connectivity index (χ0v) is 37.5. The van der Waals surface area contributed by atoms with Gasteiger partial charge in [-0.1, -0.05) is 0 Å². The van der Waals surface area contributed by atoms with E-state index in [0.717, 1.165) is 0 Å². The van der Waals surface area contributed by atoms with E-state index in [1.54, 1.807) is 102 Å². The molecule has 5 aromatic heterocycles. The quantitative estimate of drug-likeness (QED) is 0.0522. The maximum Gasteiger partial charge on any atom is 0.407 e. The van der Waals surface area contributed by atoms with Gasteiger partial charge in [0.1, 0.15) is 17.0 Å². The second-order valence-electron chi connectivity index (χ2n) is 16.3. The molecule has 3 atom stereocenters. The Balaban J connectivity index is 1.07. The fourth-order valence-corrected chi connectivity index (χ4v) is 6.55. The largest absolute Gasteiger partial charge is 0.460 e. The predicted molar refractivity (Wildman–Crippen MR) is 237 cm³/mol. The normalized spacial score (nSPS) is 13.0. The monoisotopic (exact) mass is 875 g/mol. The number of esters is 1. The highest BCUT2D eigenvalue weighted by Crippen LogP contribution is 2.24. The van der Waals surface area contributed by atoms with Crippen molar-refractivity contribution in [2.75, 3.05) is 36.9 Å². The summed E-state index contributed by atoms with van der Waals surface area (Å²) in [5, 5.41) is 15.1. The van der Waals surface area contributed by atoms with Crippen molar-refractivity contribution in [2.24, 2.45) is 52.4 Å². The van der Waals surface area contributed by atoms with Gasteiger partial charge >= 0.3 is 12.1 Å². The third-order valence-corrected chi connectivity index (χ3v) is 9.88. The summed E-state index contributed by atoms with van der Waals surface area (Å²) in [5.41, 5.74) is 22.6. The van der Waals surface area contributed by atoms with Crippen LogP contribution < -0.4 is 43.8 Å². The summed E-state index contributed by atoms with van der Waals surface area (Å²) in [4.78, 5) is 64.0. The van der Waals surface area contributed by atoms with Gasteiger partial charge in [-0.2, -0.15) is 0 Å². The van der Waals surface area contributed by atoms with Gasteiger partial charge in [-0.15, -0.1) is 0 Å². The second-order valence-corrected chi connectivity index (χ2v) is 16.3. The minimum absolute atomic E-state index is 0.166. The van der Waals surface area contributed by atoms with Gasteiger partial charge in [0.2, 0.25) is 17.7 Å². The number of carbonyl (C=O) groups excluding carboxylic acids is 4. The van der Waals surface area contributed by atoms with Crippen LogP contribution in [0.3, 0.4) is 0 Å². The Morgan fingerprint density at radius 2 is 1.03 bits per heavy atom. The molecule has 0 radical (unpaired) electrons. The molecule has 5 rings (SSSR count). The highest BCUT2D eigenvalue weighted by molar-refractivity contribution is 5.94. The summed E-state index contributed by atoms with van der Waals surface area (Å²) in [7, 11) is 8.91. The van der Waals surface area contributed by atoms with Crippen LogP contribution in [0.25, 0.3) is 0 Å². The van der Waals surface area contributed by atoms with Crippen LogP contribution in [0.4, 0.5) is 28.1 Å². The number of ether oxygens (including phenoxy) is 2.